The molecule has 0 amide bonds. The molecule has 0 spiro atoms. The molecule has 0 saturated heterocycles. The molecule has 0 heterocycles. The fourth-order valence-corrected chi connectivity index (χ4v) is 1.83. The molecule has 1 fully saturated rings. The van der Waals surface area contributed by atoms with Gasteiger partial charge in [-0.3, -0.25) is 15.0 Å². The van der Waals surface area contributed by atoms with Crippen LogP contribution in [-0.4, -0.2) is 22.4 Å². The molecule has 17 heavy (non-hydrogen) atoms. The van der Waals surface area contributed by atoms with Crippen LogP contribution in [0.4, 0.5) is 5.69 Å². The molecule has 1 aromatic rings. The third kappa shape index (κ3) is 3.05. The van der Waals surface area contributed by atoms with E-state index in [-0.39, 0.29) is 10.6 Å². The molecule has 0 bridgehead atoms. The van der Waals surface area contributed by atoms with Crippen molar-refractivity contribution in [3.8, 4) is 12.3 Å². The molecule has 0 unspecified atom stereocenters. The molecule has 0 N–H and O–H groups in total. The topological polar surface area (TPSA) is 46.4 Å². The van der Waals surface area contributed by atoms with E-state index in [1.54, 1.807) is 12.1 Å². The summed E-state index contributed by atoms with van der Waals surface area (Å²) < 4.78 is 0. The van der Waals surface area contributed by atoms with Crippen molar-refractivity contribution in [3.63, 3.8) is 0 Å². The summed E-state index contributed by atoms with van der Waals surface area (Å²) in [6.07, 6.45) is 7.74. The Kier molecular flexibility index (Phi) is 3.40. The highest BCUT2D eigenvalue weighted by Crippen LogP contribution is 2.28. The smallest absolute Gasteiger partial charge is 0.269 e. The Morgan fingerprint density at radius 2 is 2.06 bits per heavy atom. The highest BCUT2D eigenvalue weighted by atomic mass is 16.6. The number of nitro groups is 1. The summed E-state index contributed by atoms with van der Waals surface area (Å²) >= 11 is 0. The largest absolute Gasteiger partial charge is 0.285 e. The van der Waals surface area contributed by atoms with Crippen molar-refractivity contribution in [1.82, 2.24) is 4.90 Å². The van der Waals surface area contributed by atoms with E-state index in [1.165, 1.54) is 25.0 Å². The molecule has 1 aliphatic carbocycles. The fraction of sp³-hybridized carbons (Fsp3) is 0.385. The van der Waals surface area contributed by atoms with Crippen molar-refractivity contribution in [1.29, 1.82) is 0 Å². The van der Waals surface area contributed by atoms with Gasteiger partial charge in [0.05, 0.1) is 11.5 Å². The highest BCUT2D eigenvalue weighted by Gasteiger charge is 2.28. The van der Waals surface area contributed by atoms with Gasteiger partial charge >= 0.3 is 0 Å². The maximum Gasteiger partial charge on any atom is 0.269 e. The quantitative estimate of drug-likeness (QED) is 0.442. The minimum absolute atomic E-state index is 0.128. The predicted octanol–water partition coefficient (Wildman–Crippen LogP) is 2.19. The van der Waals surface area contributed by atoms with Crippen molar-refractivity contribution in [2.24, 2.45) is 0 Å². The van der Waals surface area contributed by atoms with Gasteiger partial charge in [-0.15, -0.1) is 6.42 Å². The molecule has 2 rings (SSSR count). The van der Waals surface area contributed by atoms with E-state index in [2.05, 4.69) is 10.8 Å². The van der Waals surface area contributed by atoms with Gasteiger partial charge in [-0.1, -0.05) is 18.1 Å². The van der Waals surface area contributed by atoms with Gasteiger partial charge in [0.1, 0.15) is 0 Å². The van der Waals surface area contributed by atoms with Gasteiger partial charge in [-0.2, -0.15) is 0 Å². The van der Waals surface area contributed by atoms with E-state index < -0.39 is 0 Å². The summed E-state index contributed by atoms with van der Waals surface area (Å²) in [5.41, 5.74) is 1.20. The lowest BCUT2D eigenvalue weighted by Crippen LogP contribution is -2.25. The Balaban J connectivity index is 2.02. The van der Waals surface area contributed by atoms with Crippen LogP contribution in [0.5, 0.6) is 0 Å². The molecular formula is C13H14N2O2. The molecule has 0 radical (unpaired) electrons. The lowest BCUT2D eigenvalue weighted by atomic mass is 10.2. The molecular weight excluding hydrogens is 216 g/mol. The van der Waals surface area contributed by atoms with Crippen LogP contribution in [0, 0.1) is 22.5 Å². The van der Waals surface area contributed by atoms with Gasteiger partial charge < -0.3 is 0 Å². The average Bonchev–Trinajstić information content (AvgIpc) is 3.13. The van der Waals surface area contributed by atoms with Crippen LogP contribution in [0.2, 0.25) is 0 Å². The van der Waals surface area contributed by atoms with Crippen LogP contribution in [0.25, 0.3) is 0 Å². The lowest BCUT2D eigenvalue weighted by molar-refractivity contribution is -0.384. The average molecular weight is 230 g/mol. The number of nitrogens with zero attached hydrogens (tertiary/aromatic N) is 2. The summed E-state index contributed by atoms with van der Waals surface area (Å²) in [6.45, 7) is 1.41. The minimum Gasteiger partial charge on any atom is -0.285 e. The molecule has 88 valence electrons. The van der Waals surface area contributed by atoms with Crippen molar-refractivity contribution in [3.05, 3.63) is 39.9 Å². The monoisotopic (exact) mass is 230 g/mol. The summed E-state index contributed by atoms with van der Waals surface area (Å²) in [7, 11) is 0. The van der Waals surface area contributed by atoms with Crippen LogP contribution in [-0.2, 0) is 6.54 Å². The van der Waals surface area contributed by atoms with E-state index in [0.717, 1.165) is 12.1 Å². The number of nitro benzene ring substituents is 1. The standard InChI is InChI=1S/C13H14N2O2/c1-2-9-14(12-7-8-12)10-11-3-5-13(6-4-11)15(16)17/h1,3-6,12H,7-10H2. The van der Waals surface area contributed by atoms with Gasteiger partial charge in [0.2, 0.25) is 0 Å². The summed E-state index contributed by atoms with van der Waals surface area (Å²) in [6, 6.07) is 7.27. The lowest BCUT2D eigenvalue weighted by Gasteiger charge is -2.18. The molecule has 1 aromatic carbocycles. The molecule has 1 aliphatic rings. The third-order valence-electron chi connectivity index (χ3n) is 2.89. The fourth-order valence-electron chi connectivity index (χ4n) is 1.83. The van der Waals surface area contributed by atoms with E-state index >= 15 is 0 Å². The van der Waals surface area contributed by atoms with Crippen LogP contribution in [0.3, 0.4) is 0 Å². The van der Waals surface area contributed by atoms with E-state index in [0.29, 0.717) is 12.6 Å². The minimum atomic E-state index is -0.385. The first-order chi connectivity index (χ1) is 8.20. The van der Waals surface area contributed by atoms with Crippen molar-refractivity contribution in [2.75, 3.05) is 6.54 Å². The van der Waals surface area contributed by atoms with Crippen LogP contribution in [0.1, 0.15) is 18.4 Å². The van der Waals surface area contributed by atoms with Gasteiger partial charge in [0.25, 0.3) is 5.69 Å². The normalized spacial score (nSPS) is 14.6. The number of non-ortho nitro benzene ring substituents is 1. The summed E-state index contributed by atoms with van der Waals surface area (Å²) in [5, 5.41) is 10.5. The highest BCUT2D eigenvalue weighted by molar-refractivity contribution is 5.32. The first kappa shape index (κ1) is 11.6. The zero-order valence-electron chi connectivity index (χ0n) is 9.50. The van der Waals surface area contributed by atoms with Crippen molar-refractivity contribution >= 4 is 5.69 Å². The third-order valence-corrected chi connectivity index (χ3v) is 2.89. The molecule has 0 atom stereocenters. The molecule has 1 saturated carbocycles. The molecule has 0 aliphatic heterocycles. The summed E-state index contributed by atoms with van der Waals surface area (Å²) in [4.78, 5) is 12.4. The number of hydrogen-bond donors (Lipinski definition) is 0. The Hall–Kier alpha value is -1.86. The van der Waals surface area contributed by atoms with Gasteiger partial charge in [0.15, 0.2) is 0 Å². The first-order valence-electron chi connectivity index (χ1n) is 5.61. The van der Waals surface area contributed by atoms with Crippen molar-refractivity contribution < 1.29 is 4.92 Å². The number of hydrogen-bond acceptors (Lipinski definition) is 3. The number of terminal acetylenes is 1. The van der Waals surface area contributed by atoms with Gasteiger partial charge in [-0.25, -0.2) is 0 Å². The Morgan fingerprint density at radius 1 is 1.41 bits per heavy atom. The number of benzene rings is 1. The zero-order valence-corrected chi connectivity index (χ0v) is 9.50. The van der Waals surface area contributed by atoms with Crippen LogP contribution >= 0.6 is 0 Å². The Labute approximate surface area is 100 Å². The molecule has 4 nitrogen and oxygen atoms in total. The second-order valence-corrected chi connectivity index (χ2v) is 4.26. The van der Waals surface area contributed by atoms with E-state index in [9.17, 15) is 10.1 Å². The van der Waals surface area contributed by atoms with Gasteiger partial charge in [-0.05, 0) is 18.4 Å². The molecule has 0 aromatic heterocycles. The van der Waals surface area contributed by atoms with Crippen LogP contribution < -0.4 is 0 Å². The maximum atomic E-state index is 10.5. The Bertz CT molecular complexity index is 443. The predicted molar refractivity (Wildman–Crippen MR) is 65.4 cm³/mol. The number of rotatable bonds is 5. The van der Waals surface area contributed by atoms with E-state index in [1.807, 2.05) is 0 Å². The van der Waals surface area contributed by atoms with Crippen LogP contribution in [0.15, 0.2) is 24.3 Å². The zero-order chi connectivity index (χ0) is 12.3. The maximum absolute atomic E-state index is 10.5. The summed E-state index contributed by atoms with van der Waals surface area (Å²) in [5.74, 6) is 2.66. The Morgan fingerprint density at radius 3 is 2.53 bits per heavy atom. The SMILES string of the molecule is C#CCN(Cc1ccc([N+](=O)[O-])cc1)C1CC1. The second kappa shape index (κ2) is 4.98. The molecule has 4 heteroatoms. The van der Waals surface area contributed by atoms with Crippen molar-refractivity contribution in [2.45, 2.75) is 25.4 Å². The van der Waals surface area contributed by atoms with E-state index in [4.69, 9.17) is 6.42 Å². The first-order valence-corrected chi connectivity index (χ1v) is 5.61. The van der Waals surface area contributed by atoms with Gasteiger partial charge in [0, 0.05) is 24.7 Å². The second-order valence-electron chi connectivity index (χ2n) is 4.26.